The predicted octanol–water partition coefficient (Wildman–Crippen LogP) is 4.53. The maximum atomic E-state index is 3.51. The van der Waals surface area contributed by atoms with Gasteiger partial charge in [-0.15, -0.1) is 0 Å². The highest BCUT2D eigenvalue weighted by Crippen LogP contribution is 2.24. The van der Waals surface area contributed by atoms with Crippen LogP contribution in [-0.4, -0.2) is 0 Å². The Morgan fingerprint density at radius 1 is 1.27 bits per heavy atom. The van der Waals surface area contributed by atoms with Crippen molar-refractivity contribution in [1.82, 2.24) is 0 Å². The normalized spacial score (nSPS) is 12.4. The van der Waals surface area contributed by atoms with Crippen molar-refractivity contribution in [2.45, 2.75) is 13.0 Å². The van der Waals surface area contributed by atoms with Crippen LogP contribution in [0.5, 0.6) is 0 Å². The van der Waals surface area contributed by atoms with Gasteiger partial charge in [-0.25, -0.2) is 0 Å². The Morgan fingerprint density at radius 3 is 2.73 bits per heavy atom. The van der Waals surface area contributed by atoms with Gasteiger partial charge in [-0.1, -0.05) is 12.1 Å². The molecule has 0 saturated heterocycles. The molecule has 0 aliphatic heterocycles. The average Bonchev–Trinajstić information content (AvgIpc) is 2.74. The van der Waals surface area contributed by atoms with Gasteiger partial charge in [0.05, 0.1) is 0 Å². The van der Waals surface area contributed by atoms with Crippen LogP contribution < -0.4 is 5.32 Å². The summed E-state index contributed by atoms with van der Waals surface area (Å²) in [7, 11) is 0. The molecule has 0 radical (unpaired) electrons. The lowest BCUT2D eigenvalue weighted by atomic mass is 10.2. The third kappa shape index (κ3) is 2.72. The van der Waals surface area contributed by atoms with Gasteiger partial charge < -0.3 is 5.32 Å². The molecule has 1 nitrogen and oxygen atoms in total. The van der Waals surface area contributed by atoms with Crippen molar-refractivity contribution in [3.05, 3.63) is 50.2 Å². The second-order valence-corrected chi connectivity index (χ2v) is 5.34. The fourth-order valence-corrected chi connectivity index (χ4v) is 2.71. The molecule has 3 heteroatoms. The van der Waals surface area contributed by atoms with Crippen LogP contribution in [0.15, 0.2) is 41.1 Å². The Bertz CT molecular complexity index is 425. The summed E-state index contributed by atoms with van der Waals surface area (Å²) < 4.78 is 1.26. The van der Waals surface area contributed by atoms with Crippen molar-refractivity contribution >= 4 is 39.6 Å². The van der Waals surface area contributed by atoms with Gasteiger partial charge in [-0.3, -0.25) is 0 Å². The van der Waals surface area contributed by atoms with Crippen molar-refractivity contribution < 1.29 is 0 Å². The first-order valence-corrected chi connectivity index (χ1v) is 6.82. The van der Waals surface area contributed by atoms with Crippen molar-refractivity contribution in [1.29, 1.82) is 0 Å². The van der Waals surface area contributed by atoms with Crippen LogP contribution in [0.4, 0.5) is 5.69 Å². The lowest BCUT2D eigenvalue weighted by Crippen LogP contribution is -2.06. The molecule has 0 amide bonds. The predicted molar refractivity (Wildman–Crippen MR) is 75.5 cm³/mol. The molecular formula is C12H12INS. The monoisotopic (exact) mass is 329 g/mol. The van der Waals surface area contributed by atoms with Crippen LogP contribution in [0.25, 0.3) is 0 Å². The van der Waals surface area contributed by atoms with Crippen LogP contribution in [0, 0.1) is 3.57 Å². The van der Waals surface area contributed by atoms with E-state index in [2.05, 4.69) is 75.9 Å². The van der Waals surface area contributed by atoms with E-state index in [0.717, 1.165) is 0 Å². The minimum absolute atomic E-state index is 0.368. The van der Waals surface area contributed by atoms with Gasteiger partial charge in [-0.2, -0.15) is 11.3 Å². The highest BCUT2D eigenvalue weighted by atomic mass is 127. The molecule has 1 atom stereocenters. The first-order chi connectivity index (χ1) is 7.27. The van der Waals surface area contributed by atoms with E-state index in [0.29, 0.717) is 6.04 Å². The summed E-state index contributed by atoms with van der Waals surface area (Å²) in [6.07, 6.45) is 0. The maximum Gasteiger partial charge on any atom is 0.0494 e. The van der Waals surface area contributed by atoms with E-state index in [1.54, 1.807) is 11.3 Å². The molecule has 0 bridgehead atoms. The van der Waals surface area contributed by atoms with E-state index in [1.807, 2.05) is 0 Å². The van der Waals surface area contributed by atoms with Crippen LogP contribution in [0.2, 0.25) is 0 Å². The van der Waals surface area contributed by atoms with E-state index in [9.17, 15) is 0 Å². The molecule has 1 unspecified atom stereocenters. The molecule has 78 valence electrons. The topological polar surface area (TPSA) is 12.0 Å². The molecule has 1 aromatic carbocycles. The number of halogens is 1. The minimum atomic E-state index is 0.368. The Kier molecular flexibility index (Phi) is 3.64. The minimum Gasteiger partial charge on any atom is -0.378 e. The van der Waals surface area contributed by atoms with Crippen LogP contribution in [-0.2, 0) is 0 Å². The fourth-order valence-electron chi connectivity index (χ4n) is 1.42. The number of hydrogen-bond donors (Lipinski definition) is 1. The van der Waals surface area contributed by atoms with Gasteiger partial charge in [0.15, 0.2) is 0 Å². The molecule has 15 heavy (non-hydrogen) atoms. The number of thiophene rings is 1. The molecule has 2 rings (SSSR count). The van der Waals surface area contributed by atoms with Gasteiger partial charge in [0.1, 0.15) is 0 Å². The van der Waals surface area contributed by atoms with Crippen LogP contribution in [0.3, 0.4) is 0 Å². The number of nitrogens with one attached hydrogen (secondary N) is 1. The van der Waals surface area contributed by atoms with Crippen molar-refractivity contribution in [3.63, 3.8) is 0 Å². The fraction of sp³-hybridized carbons (Fsp3) is 0.167. The summed E-state index contributed by atoms with van der Waals surface area (Å²) in [5.74, 6) is 0. The van der Waals surface area contributed by atoms with Crippen molar-refractivity contribution in [2.24, 2.45) is 0 Å². The van der Waals surface area contributed by atoms with Crippen molar-refractivity contribution in [3.8, 4) is 0 Å². The third-order valence-corrected chi connectivity index (χ3v) is 3.93. The SMILES string of the molecule is CC(Nc1ccccc1I)c1ccsc1. The van der Waals surface area contributed by atoms with E-state index in [4.69, 9.17) is 0 Å². The summed E-state index contributed by atoms with van der Waals surface area (Å²) in [6, 6.07) is 10.9. The molecule has 0 fully saturated rings. The van der Waals surface area contributed by atoms with Crippen LogP contribution in [0.1, 0.15) is 18.5 Å². The lowest BCUT2D eigenvalue weighted by molar-refractivity contribution is 0.889. The van der Waals surface area contributed by atoms with Crippen molar-refractivity contribution in [2.75, 3.05) is 5.32 Å². The first kappa shape index (κ1) is 11.0. The van der Waals surface area contributed by atoms with Gasteiger partial charge in [0, 0.05) is 15.3 Å². The zero-order valence-electron chi connectivity index (χ0n) is 8.41. The van der Waals surface area contributed by atoms with Gasteiger partial charge in [0.25, 0.3) is 0 Å². The van der Waals surface area contributed by atoms with Gasteiger partial charge >= 0.3 is 0 Å². The number of benzene rings is 1. The zero-order valence-corrected chi connectivity index (χ0v) is 11.4. The number of rotatable bonds is 3. The van der Waals surface area contributed by atoms with Crippen LogP contribution >= 0.6 is 33.9 Å². The first-order valence-electron chi connectivity index (χ1n) is 4.80. The van der Waals surface area contributed by atoms with E-state index in [1.165, 1.54) is 14.8 Å². The number of para-hydroxylation sites is 1. The van der Waals surface area contributed by atoms with E-state index < -0.39 is 0 Å². The van der Waals surface area contributed by atoms with E-state index in [-0.39, 0.29) is 0 Å². The second kappa shape index (κ2) is 4.99. The number of hydrogen-bond acceptors (Lipinski definition) is 2. The molecule has 2 aromatic rings. The Hall–Kier alpha value is -0.550. The summed E-state index contributed by atoms with van der Waals surface area (Å²) >= 11 is 4.09. The largest absolute Gasteiger partial charge is 0.378 e. The number of anilines is 1. The highest BCUT2D eigenvalue weighted by molar-refractivity contribution is 14.1. The summed E-state index contributed by atoms with van der Waals surface area (Å²) in [4.78, 5) is 0. The summed E-state index contributed by atoms with van der Waals surface area (Å²) in [5, 5.41) is 7.81. The maximum absolute atomic E-state index is 3.51. The quantitative estimate of drug-likeness (QED) is 0.816. The highest BCUT2D eigenvalue weighted by Gasteiger charge is 2.06. The average molecular weight is 329 g/mol. The van der Waals surface area contributed by atoms with Gasteiger partial charge in [-0.05, 0) is 64.0 Å². The smallest absolute Gasteiger partial charge is 0.0494 e. The van der Waals surface area contributed by atoms with Gasteiger partial charge in [0.2, 0.25) is 0 Å². The third-order valence-electron chi connectivity index (χ3n) is 2.29. The zero-order chi connectivity index (χ0) is 10.7. The molecule has 0 saturated carbocycles. The molecule has 0 spiro atoms. The molecule has 0 aliphatic carbocycles. The molecule has 1 N–H and O–H groups in total. The standard InChI is InChI=1S/C12H12INS/c1-9(10-6-7-15-8-10)14-12-5-3-2-4-11(12)13/h2-9,14H,1H3. The molecule has 1 aromatic heterocycles. The van der Waals surface area contributed by atoms with E-state index >= 15 is 0 Å². The Morgan fingerprint density at radius 2 is 2.07 bits per heavy atom. The Balaban J connectivity index is 2.13. The molecular weight excluding hydrogens is 317 g/mol. The second-order valence-electron chi connectivity index (χ2n) is 3.40. The lowest BCUT2D eigenvalue weighted by Gasteiger charge is -2.15. The summed E-state index contributed by atoms with van der Waals surface area (Å²) in [5.41, 5.74) is 2.55. The molecule has 0 aliphatic rings. The summed E-state index contributed by atoms with van der Waals surface area (Å²) in [6.45, 7) is 2.19. The molecule has 1 heterocycles. The Labute approximate surface area is 108 Å².